The molecule has 1 N–H and O–H groups in total. The Morgan fingerprint density at radius 3 is 2.86 bits per heavy atom. The molecule has 0 radical (unpaired) electrons. The molecule has 0 aliphatic carbocycles. The van der Waals surface area contributed by atoms with Crippen LogP contribution in [0.1, 0.15) is 25.6 Å². The van der Waals surface area contributed by atoms with Crippen molar-refractivity contribution in [1.29, 1.82) is 0 Å². The van der Waals surface area contributed by atoms with Crippen LogP contribution in [-0.4, -0.2) is 14.5 Å². The zero-order valence-electron chi connectivity index (χ0n) is 8.53. The Morgan fingerprint density at radius 1 is 1.50 bits per heavy atom. The van der Waals surface area contributed by atoms with Gasteiger partial charge in [0.25, 0.3) is 5.56 Å². The summed E-state index contributed by atoms with van der Waals surface area (Å²) < 4.78 is 1.86. The fraction of sp³-hybridized carbons (Fsp3) is 0.400. The normalized spacial score (nSPS) is 11.4. The summed E-state index contributed by atoms with van der Waals surface area (Å²) in [7, 11) is 1.89. The minimum absolute atomic E-state index is 0.0562. The van der Waals surface area contributed by atoms with Gasteiger partial charge in [0.15, 0.2) is 0 Å². The maximum Gasteiger partial charge on any atom is 0.260 e. The number of hydrogen-bond acceptors (Lipinski definition) is 2. The third-order valence-corrected chi connectivity index (χ3v) is 2.30. The molecule has 0 saturated heterocycles. The van der Waals surface area contributed by atoms with Crippen LogP contribution in [-0.2, 0) is 7.05 Å². The lowest BCUT2D eigenvalue weighted by Gasteiger charge is -2.04. The Hall–Kier alpha value is -1.58. The quantitative estimate of drug-likeness (QED) is 0.740. The van der Waals surface area contributed by atoms with Crippen LogP contribution in [0, 0.1) is 0 Å². The van der Waals surface area contributed by atoms with E-state index in [9.17, 15) is 4.79 Å². The van der Waals surface area contributed by atoms with Crippen molar-refractivity contribution in [2.45, 2.75) is 19.8 Å². The van der Waals surface area contributed by atoms with E-state index in [-0.39, 0.29) is 11.5 Å². The molecule has 2 rings (SSSR count). The number of aryl methyl sites for hydroxylation is 1. The molecule has 0 spiro atoms. The van der Waals surface area contributed by atoms with Crippen molar-refractivity contribution in [3.63, 3.8) is 0 Å². The molecule has 2 aromatic heterocycles. The first-order chi connectivity index (χ1) is 6.59. The van der Waals surface area contributed by atoms with E-state index in [0.717, 1.165) is 11.5 Å². The smallest absolute Gasteiger partial charge is 0.260 e. The van der Waals surface area contributed by atoms with Crippen LogP contribution in [0.2, 0.25) is 0 Å². The molecule has 0 aliphatic rings. The average Bonchev–Trinajstić information content (AvgIpc) is 2.48. The number of hydrogen-bond donors (Lipinski definition) is 1. The van der Waals surface area contributed by atoms with Gasteiger partial charge in [0.1, 0.15) is 11.5 Å². The van der Waals surface area contributed by atoms with E-state index in [1.807, 2.05) is 31.7 Å². The second-order valence-electron chi connectivity index (χ2n) is 3.77. The lowest BCUT2D eigenvalue weighted by molar-refractivity contribution is 0.769. The number of aromatic amines is 1. The first-order valence-corrected chi connectivity index (χ1v) is 4.65. The molecule has 74 valence electrons. The number of rotatable bonds is 1. The third-order valence-electron chi connectivity index (χ3n) is 2.30. The molecule has 0 saturated carbocycles. The van der Waals surface area contributed by atoms with Gasteiger partial charge in [-0.2, -0.15) is 0 Å². The molecule has 0 aromatic carbocycles. The van der Waals surface area contributed by atoms with Gasteiger partial charge in [0, 0.05) is 19.2 Å². The summed E-state index contributed by atoms with van der Waals surface area (Å²) in [5.41, 5.74) is 0.691. The molecule has 0 bridgehead atoms. The maximum absolute atomic E-state index is 11.6. The van der Waals surface area contributed by atoms with Crippen molar-refractivity contribution in [2.24, 2.45) is 7.05 Å². The third kappa shape index (κ3) is 1.23. The first-order valence-electron chi connectivity index (χ1n) is 4.65. The van der Waals surface area contributed by atoms with Crippen LogP contribution in [0.15, 0.2) is 17.1 Å². The summed E-state index contributed by atoms with van der Waals surface area (Å²) in [4.78, 5) is 18.8. The van der Waals surface area contributed by atoms with E-state index in [1.165, 1.54) is 0 Å². The molecule has 0 atom stereocenters. The average molecular weight is 191 g/mol. The monoisotopic (exact) mass is 191 g/mol. The number of H-pyrrole nitrogens is 1. The molecule has 2 aromatic rings. The highest BCUT2D eigenvalue weighted by Gasteiger charge is 2.08. The molecule has 2 heterocycles. The number of fused-ring (bicyclic) bond motifs is 1. The molecule has 0 unspecified atom stereocenters. The molecule has 0 fully saturated rings. The second-order valence-corrected chi connectivity index (χ2v) is 3.77. The summed E-state index contributed by atoms with van der Waals surface area (Å²) in [6.07, 6.45) is 1.84. The fourth-order valence-electron chi connectivity index (χ4n) is 1.44. The number of nitrogens with one attached hydrogen (secondary N) is 1. The zero-order chi connectivity index (χ0) is 10.3. The van der Waals surface area contributed by atoms with Gasteiger partial charge >= 0.3 is 0 Å². The highest BCUT2D eigenvalue weighted by atomic mass is 16.1. The van der Waals surface area contributed by atoms with Gasteiger partial charge < -0.3 is 9.55 Å². The summed E-state index contributed by atoms with van der Waals surface area (Å²) >= 11 is 0. The molecule has 0 amide bonds. The molecule has 4 heteroatoms. The van der Waals surface area contributed by atoms with Gasteiger partial charge in [-0.3, -0.25) is 4.79 Å². The predicted molar refractivity (Wildman–Crippen MR) is 55.4 cm³/mol. The van der Waals surface area contributed by atoms with E-state index >= 15 is 0 Å². The number of nitrogens with zero attached hydrogens (tertiary/aromatic N) is 2. The topological polar surface area (TPSA) is 50.7 Å². The molecular formula is C10H13N3O. The Bertz CT molecular complexity index is 522. The van der Waals surface area contributed by atoms with Crippen LogP contribution in [0.4, 0.5) is 0 Å². The largest absolute Gasteiger partial charge is 0.335 e. The van der Waals surface area contributed by atoms with E-state index in [4.69, 9.17) is 0 Å². The Balaban J connectivity index is 2.82. The van der Waals surface area contributed by atoms with Gasteiger partial charge in [-0.25, -0.2) is 4.98 Å². The van der Waals surface area contributed by atoms with Gasteiger partial charge in [-0.1, -0.05) is 13.8 Å². The number of aromatic nitrogens is 3. The summed E-state index contributed by atoms with van der Waals surface area (Å²) in [5, 5.41) is 0.650. The predicted octanol–water partition coefficient (Wildman–Crippen LogP) is 1.39. The van der Waals surface area contributed by atoms with E-state index in [2.05, 4.69) is 9.97 Å². The van der Waals surface area contributed by atoms with Crippen molar-refractivity contribution >= 4 is 11.0 Å². The summed E-state index contributed by atoms with van der Waals surface area (Å²) in [6.45, 7) is 4.01. The van der Waals surface area contributed by atoms with Gasteiger partial charge in [-0.15, -0.1) is 0 Å². The molecular weight excluding hydrogens is 178 g/mol. The standard InChI is InChI=1S/C10H13N3O/c1-6(2)8-11-9-7(10(14)12-8)4-5-13(9)3/h4-6H,1-3H3,(H,11,12,14). The van der Waals surface area contributed by atoms with Crippen LogP contribution in [0.3, 0.4) is 0 Å². The van der Waals surface area contributed by atoms with Crippen molar-refractivity contribution in [2.75, 3.05) is 0 Å². The van der Waals surface area contributed by atoms with Crippen LogP contribution in [0.25, 0.3) is 11.0 Å². The second kappa shape index (κ2) is 2.97. The minimum Gasteiger partial charge on any atom is -0.335 e. The fourth-order valence-corrected chi connectivity index (χ4v) is 1.44. The van der Waals surface area contributed by atoms with Crippen molar-refractivity contribution in [3.05, 3.63) is 28.4 Å². The summed E-state index contributed by atoms with van der Waals surface area (Å²) in [6, 6.07) is 1.78. The lowest BCUT2D eigenvalue weighted by atomic mass is 10.2. The van der Waals surface area contributed by atoms with E-state index in [0.29, 0.717) is 5.39 Å². The van der Waals surface area contributed by atoms with Crippen molar-refractivity contribution < 1.29 is 0 Å². The lowest BCUT2D eigenvalue weighted by Crippen LogP contribution is -2.12. The van der Waals surface area contributed by atoms with Gasteiger partial charge in [0.05, 0.1) is 5.39 Å². The molecule has 0 aliphatic heterocycles. The van der Waals surface area contributed by atoms with Crippen LogP contribution >= 0.6 is 0 Å². The SMILES string of the molecule is CC(C)c1nc2c(ccn2C)c(=O)[nH]1. The van der Waals surface area contributed by atoms with Crippen LogP contribution in [0.5, 0.6) is 0 Å². The highest BCUT2D eigenvalue weighted by molar-refractivity contribution is 5.74. The highest BCUT2D eigenvalue weighted by Crippen LogP contribution is 2.11. The maximum atomic E-state index is 11.6. The minimum atomic E-state index is -0.0562. The van der Waals surface area contributed by atoms with E-state index in [1.54, 1.807) is 6.07 Å². The van der Waals surface area contributed by atoms with E-state index < -0.39 is 0 Å². The molecule has 14 heavy (non-hydrogen) atoms. The zero-order valence-corrected chi connectivity index (χ0v) is 8.53. The van der Waals surface area contributed by atoms with Crippen molar-refractivity contribution in [1.82, 2.24) is 14.5 Å². The van der Waals surface area contributed by atoms with Crippen molar-refractivity contribution in [3.8, 4) is 0 Å². The van der Waals surface area contributed by atoms with Gasteiger partial charge in [-0.05, 0) is 6.07 Å². The van der Waals surface area contributed by atoms with Crippen LogP contribution < -0.4 is 5.56 Å². The Labute approximate surface area is 81.6 Å². The molecule has 4 nitrogen and oxygen atoms in total. The summed E-state index contributed by atoms with van der Waals surface area (Å²) in [5.74, 6) is 0.978. The Kier molecular flexibility index (Phi) is 1.91. The Morgan fingerprint density at radius 2 is 2.21 bits per heavy atom. The van der Waals surface area contributed by atoms with Gasteiger partial charge in [0.2, 0.25) is 0 Å². The first kappa shape index (κ1) is 8.99.